The molecule has 6 nitrogen and oxygen atoms in total. The molecule has 0 bridgehead atoms. The lowest BCUT2D eigenvalue weighted by molar-refractivity contribution is 0.102. The molecule has 0 aliphatic heterocycles. The van der Waals surface area contributed by atoms with Crippen LogP contribution in [-0.4, -0.2) is 40.4 Å². The molecule has 140 valence electrons. The molecule has 0 aliphatic rings. The molecule has 1 heterocycles. The van der Waals surface area contributed by atoms with Crippen molar-refractivity contribution >= 4 is 29.1 Å². The van der Waals surface area contributed by atoms with E-state index in [1.807, 2.05) is 6.92 Å². The molecule has 0 aliphatic carbocycles. The highest BCUT2D eigenvalue weighted by Gasteiger charge is 2.14. The number of Topliss-reactive ketones (excluding diaryl/α,β-unsaturated/α-hetero) is 1. The van der Waals surface area contributed by atoms with Crippen molar-refractivity contribution in [2.75, 3.05) is 19.5 Å². The second-order valence-electron chi connectivity index (χ2n) is 5.48. The number of H-pyrrole nitrogens is 1. The van der Waals surface area contributed by atoms with Crippen LogP contribution < -0.4 is 9.47 Å². The van der Waals surface area contributed by atoms with Crippen molar-refractivity contribution in [1.29, 1.82) is 0 Å². The maximum absolute atomic E-state index is 12.3. The lowest BCUT2D eigenvalue weighted by Crippen LogP contribution is -2.02. The van der Waals surface area contributed by atoms with Crippen molar-refractivity contribution in [2.24, 2.45) is 0 Å². The number of thioether (sulfide) groups is 1. The molecule has 0 unspecified atom stereocenters. The van der Waals surface area contributed by atoms with E-state index in [0.717, 1.165) is 5.75 Å². The normalized spacial score (nSPS) is 10.6. The van der Waals surface area contributed by atoms with Gasteiger partial charge in [0, 0.05) is 10.6 Å². The minimum Gasteiger partial charge on any atom is -0.496 e. The van der Waals surface area contributed by atoms with Crippen molar-refractivity contribution in [1.82, 2.24) is 15.2 Å². The number of nitrogens with one attached hydrogen (secondary N) is 1. The molecular formula is C19H18ClN3O3S. The topological polar surface area (TPSA) is 77.1 Å². The van der Waals surface area contributed by atoms with Crippen LogP contribution >= 0.6 is 23.4 Å². The first-order chi connectivity index (χ1) is 13.1. The quantitative estimate of drug-likeness (QED) is 0.440. The zero-order chi connectivity index (χ0) is 19.2. The minimum absolute atomic E-state index is 0.00488. The van der Waals surface area contributed by atoms with Crippen LogP contribution in [0, 0.1) is 0 Å². The van der Waals surface area contributed by atoms with Crippen molar-refractivity contribution in [2.45, 2.75) is 12.1 Å². The third kappa shape index (κ3) is 4.81. The van der Waals surface area contributed by atoms with Gasteiger partial charge in [-0.15, -0.1) is 5.10 Å². The smallest absolute Gasteiger partial charge is 0.209 e. The molecule has 0 radical (unpaired) electrons. The number of carbonyl (C=O) groups is 1. The molecule has 1 N–H and O–H groups in total. The summed E-state index contributed by atoms with van der Waals surface area (Å²) in [6, 6.07) is 12.4. The van der Waals surface area contributed by atoms with Crippen LogP contribution in [0.25, 0.3) is 11.4 Å². The highest BCUT2D eigenvalue weighted by atomic mass is 35.5. The number of methoxy groups -OCH3 is 1. The first kappa shape index (κ1) is 19.3. The zero-order valence-corrected chi connectivity index (χ0v) is 16.4. The van der Waals surface area contributed by atoms with Crippen LogP contribution in [0.1, 0.15) is 17.3 Å². The maximum atomic E-state index is 12.3. The van der Waals surface area contributed by atoms with Gasteiger partial charge in [0.2, 0.25) is 5.16 Å². The Hall–Kier alpha value is -2.51. The number of halogens is 1. The number of hydrogen-bond acceptors (Lipinski definition) is 6. The number of ketones is 1. The third-order valence-electron chi connectivity index (χ3n) is 3.70. The fraction of sp³-hybridized carbons (Fsp3) is 0.211. The maximum Gasteiger partial charge on any atom is 0.209 e. The Morgan fingerprint density at radius 2 is 2.00 bits per heavy atom. The summed E-state index contributed by atoms with van der Waals surface area (Å²) < 4.78 is 10.7. The summed E-state index contributed by atoms with van der Waals surface area (Å²) in [5.41, 5.74) is 1.33. The van der Waals surface area contributed by atoms with E-state index < -0.39 is 0 Å². The Kier molecular flexibility index (Phi) is 6.36. The molecule has 0 spiro atoms. The monoisotopic (exact) mass is 403 g/mol. The van der Waals surface area contributed by atoms with Gasteiger partial charge in [-0.3, -0.25) is 9.89 Å². The molecule has 1 aromatic heterocycles. The van der Waals surface area contributed by atoms with E-state index in [4.69, 9.17) is 21.1 Å². The van der Waals surface area contributed by atoms with Crippen LogP contribution in [-0.2, 0) is 0 Å². The first-order valence-electron chi connectivity index (χ1n) is 8.26. The molecule has 0 fully saturated rings. The number of hydrogen-bond donors (Lipinski definition) is 1. The highest BCUT2D eigenvalue weighted by Crippen LogP contribution is 2.31. The van der Waals surface area contributed by atoms with E-state index >= 15 is 0 Å². The fourth-order valence-corrected chi connectivity index (χ4v) is 3.28. The zero-order valence-electron chi connectivity index (χ0n) is 14.9. The average Bonchev–Trinajstić information content (AvgIpc) is 3.16. The minimum atomic E-state index is -0.00488. The molecule has 3 aromatic rings. The van der Waals surface area contributed by atoms with Crippen LogP contribution in [0.3, 0.4) is 0 Å². The number of carbonyl (C=O) groups excluding carboxylic acids is 1. The van der Waals surface area contributed by atoms with Crippen LogP contribution in [0.5, 0.6) is 11.5 Å². The number of aromatic nitrogens is 3. The molecule has 3 rings (SSSR count). The Bertz CT molecular complexity index is 928. The van der Waals surface area contributed by atoms with Gasteiger partial charge in [0.1, 0.15) is 11.5 Å². The van der Waals surface area contributed by atoms with Gasteiger partial charge >= 0.3 is 0 Å². The van der Waals surface area contributed by atoms with E-state index in [-0.39, 0.29) is 11.5 Å². The highest BCUT2D eigenvalue weighted by molar-refractivity contribution is 7.99. The van der Waals surface area contributed by atoms with Gasteiger partial charge in [-0.05, 0) is 49.4 Å². The van der Waals surface area contributed by atoms with E-state index in [0.29, 0.717) is 39.5 Å². The third-order valence-corrected chi connectivity index (χ3v) is 4.78. The standard InChI is InChI=1S/C19H18ClN3O3S/c1-3-26-14-7-4-12(5-8-14)16(24)11-27-19-21-18(22-23-19)15-10-13(20)6-9-17(15)25-2/h4-10H,3,11H2,1-2H3,(H,21,22,23). The summed E-state index contributed by atoms with van der Waals surface area (Å²) in [4.78, 5) is 16.8. The Labute approximate surface area is 166 Å². The SMILES string of the molecule is CCOc1ccc(C(=O)CSc2n[nH]c(-c3cc(Cl)ccc3OC)n2)cc1. The predicted octanol–water partition coefficient (Wildman–Crippen LogP) is 4.51. The van der Waals surface area contributed by atoms with Crippen LogP contribution in [0.4, 0.5) is 0 Å². The van der Waals surface area contributed by atoms with Gasteiger partial charge in [-0.1, -0.05) is 23.4 Å². The molecule has 0 saturated heterocycles. The molecule has 0 amide bonds. The summed E-state index contributed by atoms with van der Waals surface area (Å²) in [6.07, 6.45) is 0. The van der Waals surface area contributed by atoms with Gasteiger partial charge in [-0.2, -0.15) is 0 Å². The summed E-state index contributed by atoms with van der Waals surface area (Å²) in [6.45, 7) is 2.51. The average molecular weight is 404 g/mol. The number of ether oxygens (including phenoxy) is 2. The van der Waals surface area contributed by atoms with Gasteiger partial charge in [0.15, 0.2) is 11.6 Å². The second-order valence-corrected chi connectivity index (χ2v) is 6.86. The number of aromatic amines is 1. The first-order valence-corrected chi connectivity index (χ1v) is 9.62. The van der Waals surface area contributed by atoms with E-state index in [2.05, 4.69) is 15.2 Å². The number of benzene rings is 2. The van der Waals surface area contributed by atoms with Gasteiger partial charge in [0.05, 0.1) is 25.0 Å². The molecule has 27 heavy (non-hydrogen) atoms. The predicted molar refractivity (Wildman–Crippen MR) is 106 cm³/mol. The van der Waals surface area contributed by atoms with E-state index in [9.17, 15) is 4.79 Å². The summed E-state index contributed by atoms with van der Waals surface area (Å²) in [5, 5.41) is 8.07. The Balaban J connectivity index is 1.66. The van der Waals surface area contributed by atoms with Crippen molar-refractivity contribution < 1.29 is 14.3 Å². The largest absolute Gasteiger partial charge is 0.496 e. The molecule has 2 aromatic carbocycles. The number of nitrogens with zero attached hydrogens (tertiary/aromatic N) is 2. The number of rotatable bonds is 8. The summed E-state index contributed by atoms with van der Waals surface area (Å²) in [5.74, 6) is 2.14. The lowest BCUT2D eigenvalue weighted by Gasteiger charge is -2.05. The van der Waals surface area contributed by atoms with E-state index in [1.165, 1.54) is 11.8 Å². The van der Waals surface area contributed by atoms with Gasteiger partial charge in [-0.25, -0.2) is 4.98 Å². The summed E-state index contributed by atoms with van der Waals surface area (Å²) >= 11 is 7.32. The van der Waals surface area contributed by atoms with E-state index in [1.54, 1.807) is 49.6 Å². The Morgan fingerprint density at radius 1 is 1.22 bits per heavy atom. The molecule has 0 saturated carbocycles. The van der Waals surface area contributed by atoms with Crippen LogP contribution in [0.2, 0.25) is 5.02 Å². The van der Waals surface area contributed by atoms with Crippen LogP contribution in [0.15, 0.2) is 47.6 Å². The van der Waals surface area contributed by atoms with Gasteiger partial charge < -0.3 is 9.47 Å². The van der Waals surface area contributed by atoms with Crippen molar-refractivity contribution in [3.05, 3.63) is 53.1 Å². The van der Waals surface area contributed by atoms with Crippen molar-refractivity contribution in [3.63, 3.8) is 0 Å². The molecule has 0 atom stereocenters. The fourth-order valence-electron chi connectivity index (χ4n) is 2.41. The molecular weight excluding hydrogens is 386 g/mol. The lowest BCUT2D eigenvalue weighted by atomic mass is 10.1. The second kappa shape index (κ2) is 8.92. The van der Waals surface area contributed by atoms with Crippen molar-refractivity contribution in [3.8, 4) is 22.9 Å². The molecule has 8 heteroatoms. The summed E-state index contributed by atoms with van der Waals surface area (Å²) in [7, 11) is 1.58. The van der Waals surface area contributed by atoms with Gasteiger partial charge in [0.25, 0.3) is 0 Å². The Morgan fingerprint density at radius 3 is 2.70 bits per heavy atom.